The van der Waals surface area contributed by atoms with Gasteiger partial charge in [0, 0.05) is 115 Å². The number of methoxy groups -OCH3 is 1. The summed E-state index contributed by atoms with van der Waals surface area (Å²) in [6, 6.07) is 89.1. The van der Waals surface area contributed by atoms with Gasteiger partial charge < -0.3 is 41.3 Å². The predicted octanol–water partition coefficient (Wildman–Crippen LogP) is 23.8. The maximum absolute atomic E-state index is 13.0. The van der Waals surface area contributed by atoms with E-state index in [0.717, 1.165) is 94.9 Å². The van der Waals surface area contributed by atoms with Gasteiger partial charge in [0.1, 0.15) is 23.3 Å². The normalized spacial score (nSPS) is 13.7. The number of nitrogens with zero attached hydrogens (tertiary/aromatic N) is 4. The highest BCUT2D eigenvalue weighted by atomic mass is 16.5. The first-order chi connectivity index (χ1) is 61.5. The molecule has 654 valence electrons. The lowest BCUT2D eigenvalue weighted by Crippen LogP contribution is -2.24. The van der Waals surface area contributed by atoms with Crippen LogP contribution in [0.15, 0.2) is 298 Å². The molecule has 1 unspecified atom stereocenters. The number of esters is 1. The Bertz CT molecular complexity index is 5760. The summed E-state index contributed by atoms with van der Waals surface area (Å²) in [4.78, 5) is 80.9. The van der Waals surface area contributed by atoms with E-state index in [2.05, 4.69) is 185 Å². The highest BCUT2D eigenvalue weighted by molar-refractivity contribution is 6.00. The van der Waals surface area contributed by atoms with Crippen molar-refractivity contribution in [2.75, 3.05) is 41.6 Å². The van der Waals surface area contributed by atoms with Crippen molar-refractivity contribution < 1.29 is 44.0 Å². The lowest BCUT2D eigenvalue weighted by Gasteiger charge is -2.25. The predicted molar refractivity (Wildman–Crippen MR) is 512 cm³/mol. The molecule has 127 heavy (non-hydrogen) atoms. The number of nitrogens with one attached hydrogen (secondary N) is 4. The molecule has 0 bridgehead atoms. The van der Waals surface area contributed by atoms with E-state index >= 15 is 0 Å². The van der Waals surface area contributed by atoms with Gasteiger partial charge in [0.15, 0.2) is 23.1 Å². The summed E-state index contributed by atoms with van der Waals surface area (Å²) in [7, 11) is 1.35. The van der Waals surface area contributed by atoms with Crippen molar-refractivity contribution in [2.45, 2.75) is 145 Å². The molecule has 1 aliphatic rings. The number of carbonyl (C=O) groups is 5. The Morgan fingerprint density at radius 3 is 1.04 bits per heavy atom. The van der Waals surface area contributed by atoms with Gasteiger partial charge in [-0.1, -0.05) is 245 Å². The molecule has 17 nitrogen and oxygen atoms in total. The van der Waals surface area contributed by atoms with Gasteiger partial charge in [0.05, 0.1) is 19.1 Å². The largest absolute Gasteiger partial charge is 0.469 e. The average Bonchev–Trinajstić information content (AvgIpc) is 0.847. The van der Waals surface area contributed by atoms with Crippen LogP contribution in [0.4, 0.5) is 46.0 Å². The summed E-state index contributed by atoms with van der Waals surface area (Å²) < 4.78 is 4.86. The number of ether oxygens (including phenoxy) is 1. The number of benzene rings is 9. The Kier molecular flexibility index (Phi) is 36.0. The molecule has 0 radical (unpaired) electrons. The third-order valence-corrected chi connectivity index (χ3v) is 23.0. The Morgan fingerprint density at radius 2 is 0.717 bits per heavy atom. The zero-order valence-electron chi connectivity index (χ0n) is 74.5. The molecule has 0 spiro atoms. The molecule has 0 aliphatic heterocycles. The van der Waals surface area contributed by atoms with E-state index in [9.17, 15) is 39.3 Å². The second-order valence-electron chi connectivity index (χ2n) is 33.9. The number of pyridine rings is 4. The average molecular weight is 1700 g/mol. The Hall–Kier alpha value is -13.2. The van der Waals surface area contributed by atoms with Crippen LogP contribution in [0.25, 0.3) is 0 Å². The fraction of sp³-hybridized carbons (Fsp3) is 0.282. The first kappa shape index (κ1) is 94.5. The van der Waals surface area contributed by atoms with Gasteiger partial charge in [-0.2, -0.15) is 0 Å². The topological polar surface area (TPSA) is 255 Å². The van der Waals surface area contributed by atoms with E-state index in [1.165, 1.54) is 88.4 Å². The van der Waals surface area contributed by atoms with Crippen LogP contribution in [0.5, 0.6) is 0 Å². The maximum Gasteiger partial charge on any atom is 0.309 e. The summed E-state index contributed by atoms with van der Waals surface area (Å²) in [6.45, 7) is 16.3. The van der Waals surface area contributed by atoms with E-state index in [-0.39, 0.29) is 67.0 Å². The van der Waals surface area contributed by atoms with E-state index < -0.39 is 17.9 Å². The molecule has 4 atom stereocenters. The molecule has 1 saturated carbocycles. The lowest BCUT2D eigenvalue weighted by atomic mass is 9.80. The molecule has 7 N–H and O–H groups in total. The Balaban J connectivity index is 0.000000165. The number of Topliss-reactive ketones (excluding diaryl/α,β-unsaturated/α-hetero) is 4. The molecule has 0 saturated heterocycles. The van der Waals surface area contributed by atoms with E-state index in [1.807, 2.05) is 154 Å². The molecule has 9 aromatic carbocycles. The lowest BCUT2D eigenvalue weighted by molar-refractivity contribution is -0.146. The SMILES string of the molecule is CCC(CO)CC(=O)c1cccc(Nc2cc(Cc3cccc(C)c3)ccn2)c1.COC(=O)[C@@H](CC(=O)c1cccc(Nc2cc(Cc3cccc(C)c3)ccn2)c1)C(C)C.Cc1cccc(Cc2ccnc(Nc3cccc(C(=O)CC4CCC(C)CC4)c3)c2)c1.Cc1cccc(Cc2ccnc(Nc3cccc(C(=O)C[C@@H](CO)[C@H](O)c4ccccc4)c3)c2)c1. The van der Waals surface area contributed by atoms with Crippen molar-refractivity contribution in [3.8, 4) is 0 Å². The number of aryl methyl sites for hydroxylation is 4. The van der Waals surface area contributed by atoms with Crippen LogP contribution in [0.2, 0.25) is 0 Å². The van der Waals surface area contributed by atoms with Crippen molar-refractivity contribution >= 4 is 75.1 Å². The van der Waals surface area contributed by atoms with Crippen LogP contribution in [0.3, 0.4) is 0 Å². The molecule has 4 heterocycles. The number of anilines is 8. The van der Waals surface area contributed by atoms with Gasteiger partial charge in [-0.3, -0.25) is 24.0 Å². The van der Waals surface area contributed by atoms with Crippen LogP contribution in [0, 0.1) is 63.2 Å². The van der Waals surface area contributed by atoms with Crippen LogP contribution in [-0.4, -0.2) is 84.7 Å². The van der Waals surface area contributed by atoms with Gasteiger partial charge in [-0.25, -0.2) is 19.9 Å². The van der Waals surface area contributed by atoms with Gasteiger partial charge in [0.25, 0.3) is 0 Å². The van der Waals surface area contributed by atoms with Crippen molar-refractivity contribution in [3.05, 3.63) is 392 Å². The zero-order valence-corrected chi connectivity index (χ0v) is 74.5. The summed E-state index contributed by atoms with van der Waals surface area (Å²) in [5.41, 5.74) is 21.2. The second-order valence-corrected chi connectivity index (χ2v) is 33.9. The molecule has 1 aliphatic carbocycles. The van der Waals surface area contributed by atoms with Crippen LogP contribution in [-0.2, 0) is 35.2 Å². The first-order valence-electron chi connectivity index (χ1n) is 44.1. The number of aliphatic hydroxyl groups is 3. The van der Waals surface area contributed by atoms with Crippen LogP contribution >= 0.6 is 0 Å². The molecule has 14 rings (SSSR count). The highest BCUT2D eigenvalue weighted by Gasteiger charge is 2.28. The van der Waals surface area contributed by atoms with Gasteiger partial charge in [0.2, 0.25) is 0 Å². The number of carbonyl (C=O) groups excluding carboxylic acids is 5. The minimum atomic E-state index is -0.910. The smallest absolute Gasteiger partial charge is 0.309 e. The zero-order chi connectivity index (χ0) is 90.0. The molecule has 1 fully saturated rings. The summed E-state index contributed by atoms with van der Waals surface area (Å²) in [5, 5.41) is 43.1. The number of rotatable bonds is 35. The molecule has 13 aromatic rings. The van der Waals surface area contributed by atoms with Gasteiger partial charge in [-0.15, -0.1) is 0 Å². The second kappa shape index (κ2) is 48.3. The fourth-order valence-corrected chi connectivity index (χ4v) is 15.8. The van der Waals surface area contributed by atoms with E-state index in [1.54, 1.807) is 55.0 Å². The summed E-state index contributed by atoms with van der Waals surface area (Å²) in [5.74, 6) is 3.06. The third-order valence-electron chi connectivity index (χ3n) is 23.0. The van der Waals surface area contributed by atoms with E-state index in [0.29, 0.717) is 46.8 Å². The Morgan fingerprint density at radius 1 is 0.386 bits per heavy atom. The minimum absolute atomic E-state index is 0.0130. The van der Waals surface area contributed by atoms with E-state index in [4.69, 9.17) is 4.74 Å². The molecular weight excluding hydrogens is 1580 g/mol. The summed E-state index contributed by atoms with van der Waals surface area (Å²) >= 11 is 0. The Labute approximate surface area is 749 Å². The fourth-order valence-electron chi connectivity index (χ4n) is 15.8. The molecule has 17 heteroatoms. The standard InChI is InChI=1S/C30H30N2O3.C28H32N2O.C27H30N2O3.C25H28N2O2/c1-21-7-5-8-22(15-21)16-23-13-14-31-29(17-23)32-27-12-6-11-25(18-27)28(34)19-26(20-33)30(35)24-9-3-2-4-10-24;1-20-9-11-22(12-10-20)17-27(31)25-7-4-8-26(19-25)30-28-18-24(13-14-29-28)16-23-6-3-5-21(2)15-23;1-18(2)24(27(31)32-4)17-25(30)22-9-6-10-23(16-22)29-26-15-21(11-12-28-26)14-20-8-5-7-19(3)13-20;1-3-19(17-28)14-24(29)22-8-5-9-23(16-22)27-25-15-21(10-11-26-25)13-20-7-4-6-18(2)12-20/h2-15,17-18,26,30,33,35H,16,19-20H2,1H3,(H,31,32);3-8,13-15,18-20,22H,9-12,16-17H2,1-2H3,(H,29,30);5-13,15-16,18,24H,14,17H2,1-4H3,(H,28,29);4-12,15-16,19,28H,3,13-14,17H2,1-2H3,(H,26,27)/t26-,30+;;24-;/m0.0./s1. The first-order valence-corrected chi connectivity index (χ1v) is 44.1. The number of hydrogen-bond acceptors (Lipinski definition) is 17. The highest BCUT2D eigenvalue weighted by Crippen LogP contribution is 2.34. The van der Waals surface area contributed by atoms with Crippen molar-refractivity contribution in [1.82, 2.24) is 19.9 Å². The van der Waals surface area contributed by atoms with Crippen LogP contribution < -0.4 is 21.3 Å². The maximum atomic E-state index is 13.0. The van der Waals surface area contributed by atoms with Gasteiger partial charge >= 0.3 is 5.97 Å². The van der Waals surface area contributed by atoms with Gasteiger partial charge in [-0.05, 0) is 237 Å². The quantitative estimate of drug-likeness (QED) is 0.0144. The number of aliphatic hydroxyl groups excluding tert-OH is 3. The number of ketones is 4. The monoisotopic (exact) mass is 1700 g/mol. The van der Waals surface area contributed by atoms with Crippen molar-refractivity contribution in [2.24, 2.45) is 35.5 Å². The van der Waals surface area contributed by atoms with Crippen molar-refractivity contribution in [3.63, 3.8) is 0 Å². The molecule has 4 aromatic heterocycles. The third kappa shape index (κ3) is 30.6. The minimum Gasteiger partial charge on any atom is -0.469 e. The van der Waals surface area contributed by atoms with Crippen LogP contribution in [0.1, 0.15) is 205 Å². The summed E-state index contributed by atoms with van der Waals surface area (Å²) in [6.07, 6.45) is 16.5. The number of hydrogen-bond donors (Lipinski definition) is 7. The number of aromatic nitrogens is 4. The van der Waals surface area contributed by atoms with Crippen molar-refractivity contribution in [1.29, 1.82) is 0 Å². The molecule has 0 amide bonds. The molecular formula is C110H120N8O9.